The van der Waals surface area contributed by atoms with E-state index in [1.807, 2.05) is 12.1 Å². The maximum absolute atomic E-state index is 12.1. The van der Waals surface area contributed by atoms with Crippen LogP contribution < -0.4 is 5.32 Å². The van der Waals surface area contributed by atoms with Gasteiger partial charge >= 0.3 is 0 Å². The van der Waals surface area contributed by atoms with Gasteiger partial charge in [0, 0.05) is 24.2 Å². The number of hydrogen-bond donors (Lipinski definition) is 1. The molecule has 3 aromatic heterocycles. The summed E-state index contributed by atoms with van der Waals surface area (Å²) in [4.78, 5) is 24.3. The summed E-state index contributed by atoms with van der Waals surface area (Å²) in [5, 5.41) is 4.63. The van der Waals surface area contributed by atoms with Gasteiger partial charge in [0.25, 0.3) is 0 Å². The van der Waals surface area contributed by atoms with Gasteiger partial charge in [0.1, 0.15) is 15.2 Å². The molecular weight excluding hydrogens is 355 g/mol. The van der Waals surface area contributed by atoms with E-state index in [2.05, 4.69) is 20.3 Å². The van der Waals surface area contributed by atoms with Crippen LogP contribution >= 0.6 is 34.5 Å². The molecule has 8 heteroatoms. The molecule has 0 fully saturated rings. The van der Waals surface area contributed by atoms with Crippen LogP contribution in [0.1, 0.15) is 5.56 Å². The van der Waals surface area contributed by atoms with Gasteiger partial charge in [-0.15, -0.1) is 0 Å². The summed E-state index contributed by atoms with van der Waals surface area (Å²) < 4.78 is 0. The summed E-state index contributed by atoms with van der Waals surface area (Å²) >= 11 is 13.1. The summed E-state index contributed by atoms with van der Waals surface area (Å²) in [6, 6.07) is 7.10. The first-order chi connectivity index (χ1) is 11.1. The number of pyridine rings is 2. The summed E-state index contributed by atoms with van der Waals surface area (Å²) in [6.07, 6.45) is 5.12. The smallest absolute Gasteiger partial charge is 0.229 e. The van der Waals surface area contributed by atoms with Crippen LogP contribution in [0.25, 0.3) is 10.6 Å². The van der Waals surface area contributed by atoms with E-state index in [9.17, 15) is 4.79 Å². The standard InChI is InChI=1S/C15H10Cl2N4OS/c16-11-4-3-9(7-19-11)6-12(22)20-15-13(17)21-14(23-15)10-2-1-5-18-8-10/h1-5,7-8H,6H2,(H,20,22). The zero-order valence-corrected chi connectivity index (χ0v) is 14.0. The second-order valence-corrected chi connectivity index (χ2v) is 6.34. The van der Waals surface area contributed by atoms with Gasteiger partial charge in [-0.2, -0.15) is 0 Å². The van der Waals surface area contributed by atoms with E-state index in [1.54, 1.807) is 30.7 Å². The van der Waals surface area contributed by atoms with Crippen molar-refractivity contribution < 1.29 is 4.79 Å². The van der Waals surface area contributed by atoms with Crippen molar-refractivity contribution >= 4 is 45.4 Å². The van der Waals surface area contributed by atoms with Crippen LogP contribution in [-0.2, 0) is 11.2 Å². The molecule has 1 amide bonds. The van der Waals surface area contributed by atoms with Crippen molar-refractivity contribution in [2.75, 3.05) is 5.32 Å². The Morgan fingerprint density at radius 1 is 1.22 bits per heavy atom. The molecule has 3 heterocycles. The van der Waals surface area contributed by atoms with Gasteiger partial charge in [0.2, 0.25) is 5.91 Å². The van der Waals surface area contributed by atoms with Crippen LogP contribution in [0.5, 0.6) is 0 Å². The molecule has 5 nitrogen and oxygen atoms in total. The Morgan fingerprint density at radius 3 is 2.78 bits per heavy atom. The predicted molar refractivity (Wildman–Crippen MR) is 91.9 cm³/mol. The van der Waals surface area contributed by atoms with Crippen LogP contribution in [0, 0.1) is 0 Å². The van der Waals surface area contributed by atoms with Crippen LogP contribution in [-0.4, -0.2) is 20.9 Å². The first-order valence-electron chi connectivity index (χ1n) is 6.59. The topological polar surface area (TPSA) is 67.8 Å². The first kappa shape index (κ1) is 15.9. The minimum Gasteiger partial charge on any atom is -0.315 e. The molecule has 0 aliphatic heterocycles. The number of nitrogens with zero attached hydrogens (tertiary/aromatic N) is 3. The molecule has 0 aliphatic carbocycles. The van der Waals surface area contributed by atoms with E-state index in [-0.39, 0.29) is 17.5 Å². The molecule has 0 aromatic carbocycles. The van der Waals surface area contributed by atoms with E-state index in [1.165, 1.54) is 11.3 Å². The molecule has 0 radical (unpaired) electrons. The normalized spacial score (nSPS) is 10.5. The second-order valence-electron chi connectivity index (χ2n) is 4.59. The fourth-order valence-corrected chi connectivity index (χ4v) is 3.13. The van der Waals surface area contributed by atoms with E-state index < -0.39 is 0 Å². The third kappa shape index (κ3) is 4.04. The molecule has 0 bridgehead atoms. The van der Waals surface area contributed by atoms with Crippen molar-refractivity contribution in [1.29, 1.82) is 0 Å². The molecule has 116 valence electrons. The Morgan fingerprint density at radius 2 is 2.09 bits per heavy atom. The van der Waals surface area contributed by atoms with Crippen molar-refractivity contribution in [3.63, 3.8) is 0 Å². The Hall–Kier alpha value is -2.02. The van der Waals surface area contributed by atoms with Crippen LogP contribution in [0.2, 0.25) is 10.3 Å². The predicted octanol–water partition coefficient (Wildman–Crippen LogP) is 4.09. The Balaban J connectivity index is 1.71. The summed E-state index contributed by atoms with van der Waals surface area (Å²) in [5.41, 5.74) is 1.61. The van der Waals surface area contributed by atoms with Crippen LogP contribution in [0.3, 0.4) is 0 Å². The van der Waals surface area contributed by atoms with Crippen LogP contribution in [0.15, 0.2) is 42.9 Å². The number of amides is 1. The lowest BCUT2D eigenvalue weighted by atomic mass is 10.2. The molecule has 1 N–H and O–H groups in total. The molecule has 0 unspecified atom stereocenters. The zero-order chi connectivity index (χ0) is 16.2. The van der Waals surface area contributed by atoms with Gasteiger partial charge in [-0.25, -0.2) is 9.97 Å². The number of halogens is 2. The fraction of sp³-hybridized carbons (Fsp3) is 0.0667. The van der Waals surface area contributed by atoms with Crippen molar-refractivity contribution in [2.45, 2.75) is 6.42 Å². The number of anilines is 1. The number of carbonyl (C=O) groups excluding carboxylic acids is 1. The molecule has 0 aliphatic rings. The maximum Gasteiger partial charge on any atom is 0.229 e. The second kappa shape index (κ2) is 7.04. The van der Waals surface area contributed by atoms with Crippen molar-refractivity contribution in [1.82, 2.24) is 15.0 Å². The van der Waals surface area contributed by atoms with Gasteiger partial charge in [-0.1, -0.05) is 40.6 Å². The number of aromatic nitrogens is 3. The minimum atomic E-state index is -0.197. The lowest BCUT2D eigenvalue weighted by molar-refractivity contribution is -0.115. The highest BCUT2D eigenvalue weighted by molar-refractivity contribution is 7.19. The third-order valence-electron chi connectivity index (χ3n) is 2.90. The van der Waals surface area contributed by atoms with Gasteiger partial charge < -0.3 is 5.32 Å². The highest BCUT2D eigenvalue weighted by Crippen LogP contribution is 2.34. The lowest BCUT2D eigenvalue weighted by Crippen LogP contribution is -2.13. The third-order valence-corrected chi connectivity index (χ3v) is 4.53. The quantitative estimate of drug-likeness (QED) is 0.708. The largest absolute Gasteiger partial charge is 0.315 e. The molecule has 0 saturated heterocycles. The number of nitrogens with one attached hydrogen (secondary N) is 1. The van der Waals surface area contributed by atoms with E-state index in [0.717, 1.165) is 11.1 Å². The molecule has 3 aromatic rings. The number of thiazole rings is 1. The maximum atomic E-state index is 12.1. The summed E-state index contributed by atoms with van der Waals surface area (Å²) in [7, 11) is 0. The Kier molecular flexibility index (Phi) is 4.85. The van der Waals surface area contributed by atoms with Crippen LogP contribution in [0.4, 0.5) is 5.00 Å². The highest BCUT2D eigenvalue weighted by atomic mass is 35.5. The van der Waals surface area contributed by atoms with E-state index >= 15 is 0 Å². The highest BCUT2D eigenvalue weighted by Gasteiger charge is 2.14. The average Bonchev–Trinajstić information content (AvgIpc) is 2.91. The van der Waals surface area contributed by atoms with E-state index in [0.29, 0.717) is 15.2 Å². The SMILES string of the molecule is O=C(Cc1ccc(Cl)nc1)Nc1sc(-c2cccnc2)nc1Cl. The number of hydrogen-bond acceptors (Lipinski definition) is 5. The Bertz CT molecular complexity index is 821. The van der Waals surface area contributed by atoms with Gasteiger partial charge in [-0.3, -0.25) is 9.78 Å². The zero-order valence-electron chi connectivity index (χ0n) is 11.7. The van der Waals surface area contributed by atoms with E-state index in [4.69, 9.17) is 23.2 Å². The minimum absolute atomic E-state index is 0.181. The summed E-state index contributed by atoms with van der Waals surface area (Å²) in [5.74, 6) is -0.197. The van der Waals surface area contributed by atoms with Gasteiger partial charge in [0.15, 0.2) is 5.15 Å². The van der Waals surface area contributed by atoms with Crippen molar-refractivity contribution in [2.24, 2.45) is 0 Å². The average molecular weight is 365 g/mol. The number of rotatable bonds is 4. The monoisotopic (exact) mass is 364 g/mol. The summed E-state index contributed by atoms with van der Waals surface area (Å²) in [6.45, 7) is 0. The molecule has 0 spiro atoms. The van der Waals surface area contributed by atoms with Gasteiger partial charge in [-0.05, 0) is 23.8 Å². The molecular formula is C15H10Cl2N4OS. The van der Waals surface area contributed by atoms with Crippen molar-refractivity contribution in [3.8, 4) is 10.6 Å². The Labute approximate surface area is 146 Å². The molecule has 3 rings (SSSR count). The fourth-order valence-electron chi connectivity index (χ4n) is 1.86. The lowest BCUT2D eigenvalue weighted by Gasteiger charge is -2.02. The molecule has 23 heavy (non-hydrogen) atoms. The molecule has 0 saturated carbocycles. The van der Waals surface area contributed by atoms with Crippen molar-refractivity contribution in [3.05, 3.63) is 58.7 Å². The number of carbonyl (C=O) groups is 1. The molecule has 0 atom stereocenters. The first-order valence-corrected chi connectivity index (χ1v) is 8.16. The van der Waals surface area contributed by atoms with Gasteiger partial charge in [0.05, 0.1) is 6.42 Å².